The third kappa shape index (κ3) is 2.82. The second kappa shape index (κ2) is 5.72. The normalized spacial score (nSPS) is 18.8. The third-order valence-corrected chi connectivity index (χ3v) is 4.37. The van der Waals surface area contributed by atoms with E-state index < -0.39 is 0 Å². The Labute approximate surface area is 127 Å². The van der Waals surface area contributed by atoms with Crippen LogP contribution >= 0.6 is 23.2 Å². The largest absolute Gasteiger partial charge is 0.323 e. The molecule has 106 valence electrons. The summed E-state index contributed by atoms with van der Waals surface area (Å²) in [6.45, 7) is 1.34. The zero-order valence-corrected chi connectivity index (χ0v) is 12.4. The van der Waals surface area contributed by atoms with E-state index in [1.807, 2.05) is 4.57 Å². The summed E-state index contributed by atoms with van der Waals surface area (Å²) in [5, 5.41) is 4.29. The average molecular weight is 312 g/mol. The molecule has 1 aliphatic rings. The zero-order chi connectivity index (χ0) is 14.1. The number of hydrogen-bond donors (Lipinski definition) is 1. The summed E-state index contributed by atoms with van der Waals surface area (Å²) in [6.07, 6.45) is 4.47. The van der Waals surface area contributed by atoms with Gasteiger partial charge in [0.2, 0.25) is 0 Å². The standard InChI is InChI=1S/C14H15Cl2N3O/c15-11-5-13-14(6-12(11)16)19(8-18-13)7-10(20)4-9-2-1-3-17-9/h5-6,8-9,17H,1-4,7H2. The number of Topliss-reactive ketones (excluding diaryl/α,β-unsaturated/α-hetero) is 1. The fourth-order valence-electron chi connectivity index (χ4n) is 2.64. The fourth-order valence-corrected chi connectivity index (χ4v) is 2.96. The maximum atomic E-state index is 12.1. The van der Waals surface area contributed by atoms with Crippen molar-refractivity contribution in [1.29, 1.82) is 0 Å². The van der Waals surface area contributed by atoms with E-state index in [2.05, 4.69) is 10.3 Å². The number of nitrogens with one attached hydrogen (secondary N) is 1. The van der Waals surface area contributed by atoms with Gasteiger partial charge in [0.25, 0.3) is 0 Å². The molecule has 1 saturated heterocycles. The number of imidazole rings is 1. The lowest BCUT2D eigenvalue weighted by Crippen LogP contribution is -2.26. The lowest BCUT2D eigenvalue weighted by Gasteiger charge is -2.09. The monoisotopic (exact) mass is 311 g/mol. The molecule has 0 radical (unpaired) electrons. The molecule has 0 saturated carbocycles. The van der Waals surface area contributed by atoms with E-state index in [1.165, 1.54) is 0 Å². The molecule has 1 aromatic carbocycles. The summed E-state index contributed by atoms with van der Waals surface area (Å²) in [6, 6.07) is 3.81. The maximum absolute atomic E-state index is 12.1. The summed E-state index contributed by atoms with van der Waals surface area (Å²) in [5.41, 5.74) is 1.60. The van der Waals surface area contributed by atoms with Crippen LogP contribution in [-0.2, 0) is 11.3 Å². The summed E-state index contributed by atoms with van der Waals surface area (Å²) in [4.78, 5) is 16.4. The molecule has 0 spiro atoms. The number of carbonyl (C=O) groups excluding carboxylic acids is 1. The minimum atomic E-state index is 0.203. The second-order valence-corrected chi connectivity index (χ2v) is 5.98. The van der Waals surface area contributed by atoms with E-state index in [4.69, 9.17) is 23.2 Å². The van der Waals surface area contributed by atoms with E-state index in [9.17, 15) is 4.79 Å². The Bertz CT molecular complexity index is 647. The van der Waals surface area contributed by atoms with Gasteiger partial charge in [0, 0.05) is 12.5 Å². The number of ketones is 1. The van der Waals surface area contributed by atoms with Crippen molar-refractivity contribution in [2.75, 3.05) is 6.54 Å². The van der Waals surface area contributed by atoms with Crippen LogP contribution in [0.3, 0.4) is 0 Å². The number of carbonyl (C=O) groups is 1. The first-order valence-corrected chi connectivity index (χ1v) is 7.44. The van der Waals surface area contributed by atoms with Crippen LogP contribution in [0.15, 0.2) is 18.5 Å². The number of halogens is 2. The predicted molar refractivity (Wildman–Crippen MR) is 80.4 cm³/mol. The van der Waals surface area contributed by atoms with Crippen LogP contribution in [0, 0.1) is 0 Å². The second-order valence-electron chi connectivity index (χ2n) is 5.16. The summed E-state index contributed by atoms with van der Waals surface area (Å²) in [7, 11) is 0. The molecule has 20 heavy (non-hydrogen) atoms. The van der Waals surface area contributed by atoms with Crippen LogP contribution in [-0.4, -0.2) is 27.9 Å². The topological polar surface area (TPSA) is 46.9 Å². The first-order chi connectivity index (χ1) is 9.63. The van der Waals surface area contributed by atoms with Gasteiger partial charge < -0.3 is 9.88 Å². The van der Waals surface area contributed by atoms with Crippen molar-refractivity contribution in [2.45, 2.75) is 31.8 Å². The highest BCUT2D eigenvalue weighted by molar-refractivity contribution is 6.42. The Morgan fingerprint density at radius 3 is 2.95 bits per heavy atom. The molecular formula is C14H15Cl2N3O. The molecule has 1 atom stereocenters. The van der Waals surface area contributed by atoms with Gasteiger partial charge in [-0.2, -0.15) is 0 Å². The van der Waals surface area contributed by atoms with Gasteiger partial charge in [-0.25, -0.2) is 4.98 Å². The SMILES string of the molecule is O=C(CC1CCCN1)Cn1cnc2cc(Cl)c(Cl)cc21. The molecule has 1 aliphatic heterocycles. The predicted octanol–water partition coefficient (Wildman–Crippen LogP) is 3.05. The van der Waals surface area contributed by atoms with E-state index >= 15 is 0 Å². The van der Waals surface area contributed by atoms with Gasteiger partial charge in [0.15, 0.2) is 5.78 Å². The first-order valence-electron chi connectivity index (χ1n) is 6.68. The number of fused-ring (bicyclic) bond motifs is 1. The molecular weight excluding hydrogens is 297 g/mol. The molecule has 2 heterocycles. The Morgan fingerprint density at radius 2 is 2.20 bits per heavy atom. The summed E-state index contributed by atoms with van der Waals surface area (Å²) < 4.78 is 1.83. The number of hydrogen-bond acceptors (Lipinski definition) is 3. The van der Waals surface area contributed by atoms with E-state index in [0.29, 0.717) is 29.1 Å². The number of nitrogens with zero attached hydrogens (tertiary/aromatic N) is 2. The molecule has 1 aromatic heterocycles. The van der Waals surface area contributed by atoms with Gasteiger partial charge >= 0.3 is 0 Å². The van der Waals surface area contributed by atoms with Crippen LogP contribution in [0.25, 0.3) is 11.0 Å². The molecule has 1 unspecified atom stereocenters. The van der Waals surface area contributed by atoms with Crippen LogP contribution < -0.4 is 5.32 Å². The minimum Gasteiger partial charge on any atom is -0.323 e. The van der Waals surface area contributed by atoms with Crippen molar-refractivity contribution in [2.24, 2.45) is 0 Å². The van der Waals surface area contributed by atoms with Gasteiger partial charge in [-0.15, -0.1) is 0 Å². The zero-order valence-electron chi connectivity index (χ0n) is 10.9. The molecule has 4 nitrogen and oxygen atoms in total. The van der Waals surface area contributed by atoms with Crippen molar-refractivity contribution in [3.05, 3.63) is 28.5 Å². The Morgan fingerprint density at radius 1 is 1.40 bits per heavy atom. The van der Waals surface area contributed by atoms with Crippen molar-refractivity contribution in [1.82, 2.24) is 14.9 Å². The van der Waals surface area contributed by atoms with Gasteiger partial charge in [-0.05, 0) is 31.5 Å². The highest BCUT2D eigenvalue weighted by Gasteiger charge is 2.18. The van der Waals surface area contributed by atoms with Crippen molar-refractivity contribution in [3.63, 3.8) is 0 Å². The quantitative estimate of drug-likeness (QED) is 0.944. The number of aromatic nitrogens is 2. The molecule has 2 aromatic rings. The van der Waals surface area contributed by atoms with Crippen LogP contribution in [0.5, 0.6) is 0 Å². The molecule has 1 fully saturated rings. The Kier molecular flexibility index (Phi) is 3.96. The minimum absolute atomic E-state index is 0.203. The molecule has 0 bridgehead atoms. The summed E-state index contributed by atoms with van der Waals surface area (Å²) in [5.74, 6) is 0.203. The van der Waals surface area contributed by atoms with Crippen LogP contribution in [0.4, 0.5) is 0 Å². The molecule has 1 N–H and O–H groups in total. The highest BCUT2D eigenvalue weighted by Crippen LogP contribution is 2.27. The molecule has 6 heteroatoms. The first kappa shape index (κ1) is 13.9. The van der Waals surface area contributed by atoms with Gasteiger partial charge in [0.05, 0.1) is 34.0 Å². The Hall–Kier alpha value is -1.10. The van der Waals surface area contributed by atoms with E-state index in [0.717, 1.165) is 30.4 Å². The van der Waals surface area contributed by atoms with Gasteiger partial charge in [0.1, 0.15) is 0 Å². The maximum Gasteiger partial charge on any atom is 0.154 e. The lowest BCUT2D eigenvalue weighted by molar-refractivity contribution is -0.120. The van der Waals surface area contributed by atoms with Crippen LogP contribution in [0.2, 0.25) is 10.0 Å². The smallest absolute Gasteiger partial charge is 0.154 e. The fraction of sp³-hybridized carbons (Fsp3) is 0.429. The van der Waals surface area contributed by atoms with E-state index in [-0.39, 0.29) is 5.78 Å². The number of benzene rings is 1. The molecule has 0 amide bonds. The van der Waals surface area contributed by atoms with E-state index in [1.54, 1.807) is 18.5 Å². The van der Waals surface area contributed by atoms with Crippen molar-refractivity contribution < 1.29 is 4.79 Å². The highest BCUT2D eigenvalue weighted by atomic mass is 35.5. The molecule has 3 rings (SSSR count). The number of rotatable bonds is 4. The van der Waals surface area contributed by atoms with Crippen molar-refractivity contribution in [3.8, 4) is 0 Å². The third-order valence-electron chi connectivity index (χ3n) is 3.65. The van der Waals surface area contributed by atoms with Gasteiger partial charge in [-0.1, -0.05) is 23.2 Å². The Balaban J connectivity index is 1.76. The van der Waals surface area contributed by atoms with Gasteiger partial charge in [-0.3, -0.25) is 4.79 Å². The average Bonchev–Trinajstić information content (AvgIpc) is 3.02. The summed E-state index contributed by atoms with van der Waals surface area (Å²) >= 11 is 12.0. The van der Waals surface area contributed by atoms with Crippen LogP contribution in [0.1, 0.15) is 19.3 Å². The lowest BCUT2D eigenvalue weighted by atomic mass is 10.1. The van der Waals surface area contributed by atoms with Crippen molar-refractivity contribution >= 4 is 40.0 Å². The molecule has 0 aliphatic carbocycles.